The summed E-state index contributed by atoms with van der Waals surface area (Å²) in [6, 6.07) is 24.5. The van der Waals surface area contributed by atoms with Crippen LogP contribution in [-0.4, -0.2) is 18.7 Å². The highest BCUT2D eigenvalue weighted by atomic mass is 16.3. The number of rotatable bonds is 5. The van der Waals surface area contributed by atoms with Crippen molar-refractivity contribution in [2.45, 2.75) is 12.0 Å². The average molecular weight is 291 g/mol. The van der Waals surface area contributed by atoms with Gasteiger partial charge in [0, 0.05) is 12.5 Å². The SMILES string of the molecule is CNCC(c1cccc2ccccc12)C(O)c1ccccc1. The van der Waals surface area contributed by atoms with Crippen molar-refractivity contribution < 1.29 is 5.11 Å². The van der Waals surface area contributed by atoms with Crippen molar-refractivity contribution in [3.05, 3.63) is 83.9 Å². The van der Waals surface area contributed by atoms with Gasteiger partial charge in [0.2, 0.25) is 0 Å². The Hall–Kier alpha value is -2.16. The summed E-state index contributed by atoms with van der Waals surface area (Å²) in [5.41, 5.74) is 2.14. The summed E-state index contributed by atoms with van der Waals surface area (Å²) in [6.07, 6.45) is -0.528. The first-order valence-electron chi connectivity index (χ1n) is 7.66. The summed E-state index contributed by atoms with van der Waals surface area (Å²) in [7, 11) is 1.93. The van der Waals surface area contributed by atoms with Gasteiger partial charge in [0.1, 0.15) is 0 Å². The van der Waals surface area contributed by atoms with E-state index < -0.39 is 6.10 Å². The van der Waals surface area contributed by atoms with Crippen molar-refractivity contribution in [1.29, 1.82) is 0 Å². The Morgan fingerprint density at radius 2 is 1.55 bits per heavy atom. The molecule has 3 rings (SSSR count). The van der Waals surface area contributed by atoms with Gasteiger partial charge in [-0.2, -0.15) is 0 Å². The largest absolute Gasteiger partial charge is 0.388 e. The molecule has 2 heteroatoms. The number of nitrogens with one attached hydrogen (secondary N) is 1. The van der Waals surface area contributed by atoms with E-state index in [2.05, 4.69) is 41.7 Å². The molecule has 0 saturated heterocycles. The van der Waals surface area contributed by atoms with Crippen LogP contribution in [0.1, 0.15) is 23.1 Å². The van der Waals surface area contributed by atoms with E-state index in [0.29, 0.717) is 0 Å². The molecule has 2 unspecified atom stereocenters. The Balaban J connectivity index is 2.07. The topological polar surface area (TPSA) is 32.3 Å². The molecule has 0 aliphatic heterocycles. The van der Waals surface area contributed by atoms with E-state index in [0.717, 1.165) is 12.1 Å². The Morgan fingerprint density at radius 3 is 2.32 bits per heavy atom. The molecule has 2 N–H and O–H groups in total. The zero-order chi connectivity index (χ0) is 15.4. The molecule has 22 heavy (non-hydrogen) atoms. The second-order valence-corrected chi connectivity index (χ2v) is 5.59. The third-order valence-corrected chi connectivity index (χ3v) is 4.17. The number of fused-ring (bicyclic) bond motifs is 1. The molecular weight excluding hydrogens is 270 g/mol. The van der Waals surface area contributed by atoms with Crippen molar-refractivity contribution in [1.82, 2.24) is 5.32 Å². The lowest BCUT2D eigenvalue weighted by atomic mass is 9.86. The highest BCUT2D eigenvalue weighted by molar-refractivity contribution is 5.86. The molecule has 0 amide bonds. The third-order valence-electron chi connectivity index (χ3n) is 4.17. The maximum atomic E-state index is 10.9. The van der Waals surface area contributed by atoms with Gasteiger partial charge < -0.3 is 10.4 Å². The Bertz CT molecular complexity index is 734. The molecule has 0 aromatic heterocycles. The van der Waals surface area contributed by atoms with Crippen molar-refractivity contribution in [2.24, 2.45) is 0 Å². The summed E-state index contributed by atoms with van der Waals surface area (Å²) in [6.45, 7) is 0.726. The van der Waals surface area contributed by atoms with E-state index in [9.17, 15) is 5.11 Å². The van der Waals surface area contributed by atoms with Gasteiger partial charge in [0.25, 0.3) is 0 Å². The van der Waals surface area contributed by atoms with Crippen molar-refractivity contribution in [2.75, 3.05) is 13.6 Å². The number of hydrogen-bond donors (Lipinski definition) is 2. The van der Waals surface area contributed by atoms with Crippen LogP contribution in [0.3, 0.4) is 0 Å². The molecule has 0 fully saturated rings. The minimum atomic E-state index is -0.528. The first-order valence-corrected chi connectivity index (χ1v) is 7.66. The molecule has 0 bridgehead atoms. The fourth-order valence-electron chi connectivity index (χ4n) is 3.07. The van der Waals surface area contributed by atoms with Crippen LogP contribution in [0, 0.1) is 0 Å². The molecule has 2 nitrogen and oxygen atoms in total. The Morgan fingerprint density at radius 1 is 0.864 bits per heavy atom. The zero-order valence-corrected chi connectivity index (χ0v) is 12.7. The Labute approximate surface area is 131 Å². The molecule has 0 radical (unpaired) electrons. The van der Waals surface area contributed by atoms with Gasteiger partial charge in [0.15, 0.2) is 0 Å². The number of aliphatic hydroxyl groups is 1. The molecule has 2 atom stereocenters. The van der Waals surface area contributed by atoms with Crippen LogP contribution in [-0.2, 0) is 0 Å². The second-order valence-electron chi connectivity index (χ2n) is 5.59. The number of hydrogen-bond acceptors (Lipinski definition) is 2. The number of aliphatic hydroxyl groups excluding tert-OH is 1. The molecular formula is C20H21NO. The minimum Gasteiger partial charge on any atom is -0.388 e. The highest BCUT2D eigenvalue weighted by Crippen LogP contribution is 2.34. The van der Waals surface area contributed by atoms with E-state index >= 15 is 0 Å². The van der Waals surface area contributed by atoms with E-state index in [-0.39, 0.29) is 5.92 Å². The average Bonchev–Trinajstić information content (AvgIpc) is 2.59. The van der Waals surface area contributed by atoms with E-state index in [1.54, 1.807) is 0 Å². The molecule has 3 aromatic carbocycles. The summed E-state index contributed by atoms with van der Waals surface area (Å²) in [4.78, 5) is 0. The summed E-state index contributed by atoms with van der Waals surface area (Å²) in [5, 5.41) is 16.5. The Kier molecular flexibility index (Phi) is 4.52. The van der Waals surface area contributed by atoms with Crippen LogP contribution >= 0.6 is 0 Å². The van der Waals surface area contributed by atoms with Crippen molar-refractivity contribution in [3.8, 4) is 0 Å². The summed E-state index contributed by atoms with van der Waals surface area (Å²) >= 11 is 0. The first-order chi connectivity index (χ1) is 10.8. The maximum absolute atomic E-state index is 10.9. The van der Waals surface area contributed by atoms with Crippen LogP contribution in [0.5, 0.6) is 0 Å². The van der Waals surface area contributed by atoms with Crippen molar-refractivity contribution in [3.63, 3.8) is 0 Å². The van der Waals surface area contributed by atoms with Gasteiger partial charge in [-0.3, -0.25) is 0 Å². The van der Waals surface area contributed by atoms with E-state index in [1.165, 1.54) is 16.3 Å². The number of likely N-dealkylation sites (N-methyl/N-ethyl adjacent to an activating group) is 1. The lowest BCUT2D eigenvalue weighted by Crippen LogP contribution is -2.23. The van der Waals surface area contributed by atoms with Gasteiger partial charge in [-0.25, -0.2) is 0 Å². The van der Waals surface area contributed by atoms with Crippen molar-refractivity contribution >= 4 is 10.8 Å². The third kappa shape index (κ3) is 2.89. The predicted molar refractivity (Wildman–Crippen MR) is 92.0 cm³/mol. The molecule has 0 aliphatic carbocycles. The van der Waals surface area contributed by atoms with Gasteiger partial charge in [-0.05, 0) is 28.9 Å². The van der Waals surface area contributed by atoms with Crippen LogP contribution < -0.4 is 5.32 Å². The standard InChI is InChI=1S/C20H21NO/c1-21-14-19(20(22)16-9-3-2-4-10-16)18-13-7-11-15-8-5-6-12-17(15)18/h2-13,19-22H,14H2,1H3. The smallest absolute Gasteiger partial charge is 0.0870 e. The van der Waals surface area contributed by atoms with Crippen LogP contribution in [0.2, 0.25) is 0 Å². The minimum absolute atomic E-state index is 0.0125. The fourth-order valence-corrected chi connectivity index (χ4v) is 3.07. The van der Waals surface area contributed by atoms with E-state index in [4.69, 9.17) is 0 Å². The first kappa shape index (κ1) is 14.8. The molecule has 0 aliphatic rings. The molecule has 3 aromatic rings. The second kappa shape index (κ2) is 6.73. The molecule has 0 saturated carbocycles. The van der Waals surface area contributed by atoms with Gasteiger partial charge in [-0.15, -0.1) is 0 Å². The monoisotopic (exact) mass is 291 g/mol. The maximum Gasteiger partial charge on any atom is 0.0870 e. The lowest BCUT2D eigenvalue weighted by molar-refractivity contribution is 0.145. The normalized spacial score (nSPS) is 13.9. The number of benzene rings is 3. The van der Waals surface area contributed by atoms with Crippen LogP contribution in [0.15, 0.2) is 72.8 Å². The fraction of sp³-hybridized carbons (Fsp3) is 0.200. The molecule has 0 heterocycles. The van der Waals surface area contributed by atoms with Gasteiger partial charge in [-0.1, -0.05) is 72.8 Å². The van der Waals surface area contributed by atoms with E-state index in [1.807, 2.05) is 43.4 Å². The van der Waals surface area contributed by atoms with Gasteiger partial charge >= 0.3 is 0 Å². The molecule has 112 valence electrons. The van der Waals surface area contributed by atoms with Crippen LogP contribution in [0.4, 0.5) is 0 Å². The zero-order valence-electron chi connectivity index (χ0n) is 12.7. The molecule has 0 spiro atoms. The summed E-state index contributed by atoms with van der Waals surface area (Å²) < 4.78 is 0. The quantitative estimate of drug-likeness (QED) is 0.748. The highest BCUT2D eigenvalue weighted by Gasteiger charge is 2.23. The lowest BCUT2D eigenvalue weighted by Gasteiger charge is -2.25. The summed E-state index contributed by atoms with van der Waals surface area (Å²) in [5.74, 6) is 0.0125. The van der Waals surface area contributed by atoms with Gasteiger partial charge in [0.05, 0.1) is 6.10 Å². The predicted octanol–water partition coefficient (Wildman–Crippen LogP) is 3.88. The van der Waals surface area contributed by atoms with Crippen LogP contribution in [0.25, 0.3) is 10.8 Å².